The molecular formula is C13H18O2. The fourth-order valence-corrected chi connectivity index (χ4v) is 2.41. The first-order valence-corrected chi connectivity index (χ1v) is 5.68. The Morgan fingerprint density at radius 2 is 1.87 bits per heavy atom. The van der Waals surface area contributed by atoms with Crippen LogP contribution in [0.15, 0.2) is 30.3 Å². The number of aliphatic hydroxyl groups excluding tert-OH is 2. The molecule has 2 nitrogen and oxygen atoms in total. The molecule has 0 saturated heterocycles. The molecule has 82 valence electrons. The molecule has 1 aliphatic rings. The van der Waals surface area contributed by atoms with Gasteiger partial charge in [-0.1, -0.05) is 36.8 Å². The predicted octanol–water partition coefficient (Wildman–Crippen LogP) is 2.27. The van der Waals surface area contributed by atoms with Crippen molar-refractivity contribution in [2.45, 2.75) is 37.9 Å². The Hall–Kier alpha value is -0.860. The third-order valence-corrected chi connectivity index (χ3v) is 3.27. The van der Waals surface area contributed by atoms with Crippen LogP contribution in [0, 0.1) is 5.92 Å². The molecule has 0 bridgehead atoms. The van der Waals surface area contributed by atoms with Crippen molar-refractivity contribution in [3.8, 4) is 0 Å². The van der Waals surface area contributed by atoms with Crippen LogP contribution < -0.4 is 0 Å². The maximum absolute atomic E-state index is 10.2. The molecule has 3 atom stereocenters. The molecule has 1 fully saturated rings. The molecule has 15 heavy (non-hydrogen) atoms. The Morgan fingerprint density at radius 1 is 1.13 bits per heavy atom. The largest absolute Gasteiger partial charge is 0.393 e. The average Bonchev–Trinajstić information content (AvgIpc) is 2.29. The van der Waals surface area contributed by atoms with Gasteiger partial charge in [0.05, 0.1) is 12.2 Å². The van der Waals surface area contributed by atoms with Gasteiger partial charge < -0.3 is 10.2 Å². The highest BCUT2D eigenvalue weighted by Crippen LogP contribution is 2.34. The monoisotopic (exact) mass is 206 g/mol. The Bertz CT molecular complexity index is 297. The normalized spacial score (nSPS) is 28.7. The van der Waals surface area contributed by atoms with Gasteiger partial charge in [-0.2, -0.15) is 0 Å². The minimum Gasteiger partial charge on any atom is -0.393 e. The number of aliphatic hydroxyl groups is 2. The minimum absolute atomic E-state index is 0.219. The van der Waals surface area contributed by atoms with Gasteiger partial charge in [0, 0.05) is 0 Å². The van der Waals surface area contributed by atoms with Crippen LogP contribution in [0.2, 0.25) is 0 Å². The second-order valence-electron chi connectivity index (χ2n) is 4.44. The SMILES string of the molecule is OC1CCCC(C(O)c2ccccc2)C1. The van der Waals surface area contributed by atoms with E-state index in [1.807, 2.05) is 30.3 Å². The summed E-state index contributed by atoms with van der Waals surface area (Å²) >= 11 is 0. The molecule has 2 N–H and O–H groups in total. The fourth-order valence-electron chi connectivity index (χ4n) is 2.41. The van der Waals surface area contributed by atoms with E-state index in [1.165, 1.54) is 0 Å². The zero-order chi connectivity index (χ0) is 10.7. The van der Waals surface area contributed by atoms with Crippen LogP contribution in [0.25, 0.3) is 0 Å². The van der Waals surface area contributed by atoms with Crippen molar-refractivity contribution in [3.05, 3.63) is 35.9 Å². The maximum atomic E-state index is 10.2. The third-order valence-electron chi connectivity index (χ3n) is 3.27. The summed E-state index contributed by atoms with van der Waals surface area (Å²) in [6.07, 6.45) is 3.03. The van der Waals surface area contributed by atoms with Crippen LogP contribution in [-0.2, 0) is 0 Å². The van der Waals surface area contributed by atoms with Gasteiger partial charge in [0.2, 0.25) is 0 Å². The Kier molecular flexibility index (Phi) is 3.39. The molecule has 1 aromatic carbocycles. The smallest absolute Gasteiger partial charge is 0.0819 e. The number of hydrogen-bond acceptors (Lipinski definition) is 2. The van der Waals surface area contributed by atoms with E-state index in [0.717, 1.165) is 31.2 Å². The molecule has 1 saturated carbocycles. The molecule has 2 rings (SSSR count). The predicted molar refractivity (Wildman–Crippen MR) is 59.4 cm³/mol. The van der Waals surface area contributed by atoms with E-state index in [9.17, 15) is 10.2 Å². The van der Waals surface area contributed by atoms with Crippen LogP contribution in [0.4, 0.5) is 0 Å². The first kappa shape index (κ1) is 10.7. The standard InChI is InChI=1S/C13H18O2/c14-12-8-4-7-11(9-12)13(15)10-5-2-1-3-6-10/h1-3,5-6,11-15H,4,7-9H2. The summed E-state index contributed by atoms with van der Waals surface area (Å²) in [6, 6.07) is 9.73. The lowest BCUT2D eigenvalue weighted by atomic mass is 9.81. The van der Waals surface area contributed by atoms with Gasteiger partial charge in [0.15, 0.2) is 0 Å². The molecule has 0 spiro atoms. The summed E-state index contributed by atoms with van der Waals surface area (Å²) in [5, 5.41) is 19.7. The zero-order valence-corrected chi connectivity index (χ0v) is 8.84. The van der Waals surface area contributed by atoms with Crippen LogP contribution in [-0.4, -0.2) is 16.3 Å². The summed E-state index contributed by atoms with van der Waals surface area (Å²) < 4.78 is 0. The first-order chi connectivity index (χ1) is 7.27. The molecule has 0 aromatic heterocycles. The van der Waals surface area contributed by atoms with Gasteiger partial charge >= 0.3 is 0 Å². The van der Waals surface area contributed by atoms with Crippen molar-refractivity contribution in [2.75, 3.05) is 0 Å². The molecule has 1 aromatic rings. The van der Waals surface area contributed by atoms with Crippen molar-refractivity contribution in [3.63, 3.8) is 0 Å². The Balaban J connectivity index is 2.04. The molecule has 3 unspecified atom stereocenters. The highest BCUT2D eigenvalue weighted by molar-refractivity contribution is 5.18. The van der Waals surface area contributed by atoms with Crippen LogP contribution >= 0.6 is 0 Å². The summed E-state index contributed by atoms with van der Waals surface area (Å²) in [6.45, 7) is 0. The number of benzene rings is 1. The average molecular weight is 206 g/mol. The van der Waals surface area contributed by atoms with Gasteiger partial charge in [0.1, 0.15) is 0 Å². The van der Waals surface area contributed by atoms with E-state index in [4.69, 9.17) is 0 Å². The van der Waals surface area contributed by atoms with Crippen molar-refractivity contribution < 1.29 is 10.2 Å². The highest BCUT2D eigenvalue weighted by Gasteiger charge is 2.26. The lowest BCUT2D eigenvalue weighted by Gasteiger charge is -2.29. The molecule has 0 amide bonds. The topological polar surface area (TPSA) is 40.5 Å². The summed E-state index contributed by atoms with van der Waals surface area (Å²) in [5.41, 5.74) is 0.969. The second-order valence-corrected chi connectivity index (χ2v) is 4.44. The van der Waals surface area contributed by atoms with Gasteiger partial charge in [0.25, 0.3) is 0 Å². The Labute approximate surface area is 90.6 Å². The Morgan fingerprint density at radius 3 is 2.53 bits per heavy atom. The van der Waals surface area contributed by atoms with E-state index in [1.54, 1.807) is 0 Å². The lowest BCUT2D eigenvalue weighted by Crippen LogP contribution is -2.24. The van der Waals surface area contributed by atoms with Gasteiger partial charge in [-0.05, 0) is 30.7 Å². The van der Waals surface area contributed by atoms with Crippen molar-refractivity contribution >= 4 is 0 Å². The molecule has 0 heterocycles. The lowest BCUT2D eigenvalue weighted by molar-refractivity contribution is 0.0290. The number of rotatable bonds is 2. The highest BCUT2D eigenvalue weighted by atomic mass is 16.3. The van der Waals surface area contributed by atoms with Gasteiger partial charge in [-0.15, -0.1) is 0 Å². The minimum atomic E-state index is -0.416. The van der Waals surface area contributed by atoms with Crippen LogP contribution in [0.3, 0.4) is 0 Å². The molecule has 2 heteroatoms. The number of hydrogen-bond donors (Lipinski definition) is 2. The van der Waals surface area contributed by atoms with E-state index >= 15 is 0 Å². The van der Waals surface area contributed by atoms with Crippen LogP contribution in [0.5, 0.6) is 0 Å². The summed E-state index contributed by atoms with van der Waals surface area (Å²) in [5.74, 6) is 0.219. The molecule has 1 aliphatic carbocycles. The van der Waals surface area contributed by atoms with Crippen molar-refractivity contribution in [1.82, 2.24) is 0 Å². The van der Waals surface area contributed by atoms with E-state index < -0.39 is 6.10 Å². The van der Waals surface area contributed by atoms with Crippen molar-refractivity contribution in [2.24, 2.45) is 5.92 Å². The maximum Gasteiger partial charge on any atom is 0.0819 e. The zero-order valence-electron chi connectivity index (χ0n) is 8.84. The first-order valence-electron chi connectivity index (χ1n) is 5.68. The van der Waals surface area contributed by atoms with Crippen molar-refractivity contribution in [1.29, 1.82) is 0 Å². The van der Waals surface area contributed by atoms with E-state index in [0.29, 0.717) is 0 Å². The van der Waals surface area contributed by atoms with Gasteiger partial charge in [-0.25, -0.2) is 0 Å². The fraction of sp³-hybridized carbons (Fsp3) is 0.538. The third kappa shape index (κ3) is 2.58. The second kappa shape index (κ2) is 4.77. The summed E-state index contributed by atoms with van der Waals surface area (Å²) in [4.78, 5) is 0. The molecular weight excluding hydrogens is 188 g/mol. The molecule has 0 aliphatic heterocycles. The summed E-state index contributed by atoms with van der Waals surface area (Å²) in [7, 11) is 0. The van der Waals surface area contributed by atoms with E-state index in [-0.39, 0.29) is 12.0 Å². The van der Waals surface area contributed by atoms with Gasteiger partial charge in [-0.3, -0.25) is 0 Å². The van der Waals surface area contributed by atoms with Crippen LogP contribution in [0.1, 0.15) is 37.4 Å². The molecule has 0 radical (unpaired) electrons. The van der Waals surface area contributed by atoms with E-state index in [2.05, 4.69) is 0 Å². The quantitative estimate of drug-likeness (QED) is 0.779.